The number of aromatic nitrogens is 4. The molecule has 2 aromatic heterocycles. The fraction of sp³-hybridized carbons (Fsp3) is 0.688. The van der Waals surface area contributed by atoms with Crippen LogP contribution in [0.3, 0.4) is 0 Å². The highest BCUT2D eigenvalue weighted by Gasteiger charge is 2.21. The second kappa shape index (κ2) is 8.37. The summed E-state index contributed by atoms with van der Waals surface area (Å²) in [6.45, 7) is 5.57. The molecule has 0 amide bonds. The number of rotatable bonds is 9. The van der Waals surface area contributed by atoms with E-state index in [0.29, 0.717) is 42.4 Å². The summed E-state index contributed by atoms with van der Waals surface area (Å²) in [5.41, 5.74) is -0.102. The molecule has 0 radical (unpaired) electrons. The van der Waals surface area contributed by atoms with Crippen molar-refractivity contribution in [1.82, 2.24) is 18.9 Å². The molecule has 0 aliphatic rings. The molecule has 0 fully saturated rings. The summed E-state index contributed by atoms with van der Waals surface area (Å²) < 4.78 is 4.64. The first kappa shape index (κ1) is 18.6. The molecule has 0 spiro atoms. The van der Waals surface area contributed by atoms with Crippen molar-refractivity contribution in [3.05, 3.63) is 20.8 Å². The van der Waals surface area contributed by atoms with Gasteiger partial charge in [0.05, 0.1) is 6.54 Å². The molecule has 0 atom stereocenters. The SMILES string of the molecule is CCCCn1c(=O)c2c(NC)n(CCCl)nc2n(CCCC)c1=O. The van der Waals surface area contributed by atoms with Crippen molar-refractivity contribution in [1.29, 1.82) is 0 Å². The van der Waals surface area contributed by atoms with Crippen LogP contribution in [0.2, 0.25) is 0 Å². The van der Waals surface area contributed by atoms with Crippen molar-refractivity contribution in [2.45, 2.75) is 59.2 Å². The van der Waals surface area contributed by atoms with Gasteiger partial charge in [-0.3, -0.25) is 13.9 Å². The fourth-order valence-corrected chi connectivity index (χ4v) is 2.98. The lowest BCUT2D eigenvalue weighted by atomic mass is 10.3. The Morgan fingerprint density at radius 3 is 2.21 bits per heavy atom. The predicted molar refractivity (Wildman–Crippen MR) is 98.3 cm³/mol. The number of fused-ring (bicyclic) bond motifs is 1. The molecular formula is C16H26ClN5O2. The number of hydrogen-bond donors (Lipinski definition) is 1. The average Bonchev–Trinajstić information content (AvgIpc) is 2.93. The Bertz CT molecular complexity index is 805. The normalized spacial score (nSPS) is 11.3. The Morgan fingerprint density at radius 1 is 1.04 bits per heavy atom. The molecule has 0 aliphatic carbocycles. The molecule has 1 N–H and O–H groups in total. The van der Waals surface area contributed by atoms with Crippen LogP contribution in [0.25, 0.3) is 11.0 Å². The van der Waals surface area contributed by atoms with E-state index >= 15 is 0 Å². The van der Waals surface area contributed by atoms with Crippen LogP contribution in [0, 0.1) is 0 Å². The van der Waals surface area contributed by atoms with Crippen LogP contribution in [-0.4, -0.2) is 31.8 Å². The molecule has 0 aromatic carbocycles. The van der Waals surface area contributed by atoms with Crippen LogP contribution in [0.1, 0.15) is 39.5 Å². The highest BCUT2D eigenvalue weighted by molar-refractivity contribution is 6.17. The molecule has 8 heteroatoms. The summed E-state index contributed by atoms with van der Waals surface area (Å²) in [6.07, 6.45) is 3.53. The van der Waals surface area contributed by atoms with Gasteiger partial charge in [0.15, 0.2) is 5.65 Å². The number of halogens is 1. The van der Waals surface area contributed by atoms with Gasteiger partial charge in [-0.15, -0.1) is 11.6 Å². The van der Waals surface area contributed by atoms with Crippen LogP contribution in [0.4, 0.5) is 5.82 Å². The minimum atomic E-state index is -0.277. The first-order chi connectivity index (χ1) is 11.6. The van der Waals surface area contributed by atoms with Gasteiger partial charge < -0.3 is 5.32 Å². The summed E-state index contributed by atoms with van der Waals surface area (Å²) in [5.74, 6) is 0.998. The van der Waals surface area contributed by atoms with Gasteiger partial charge in [-0.2, -0.15) is 5.10 Å². The largest absolute Gasteiger partial charge is 0.373 e. The first-order valence-electron chi connectivity index (χ1n) is 8.58. The van der Waals surface area contributed by atoms with E-state index in [-0.39, 0.29) is 11.2 Å². The maximum Gasteiger partial charge on any atom is 0.332 e. The Kier molecular flexibility index (Phi) is 6.48. The van der Waals surface area contributed by atoms with E-state index in [1.54, 1.807) is 16.3 Å². The number of aryl methyl sites for hydroxylation is 2. The summed E-state index contributed by atoms with van der Waals surface area (Å²) in [6, 6.07) is 0. The average molecular weight is 356 g/mol. The molecule has 0 saturated carbocycles. The van der Waals surface area contributed by atoms with Gasteiger partial charge in [0, 0.05) is 26.0 Å². The smallest absolute Gasteiger partial charge is 0.332 e. The van der Waals surface area contributed by atoms with E-state index in [1.807, 2.05) is 6.92 Å². The number of unbranched alkanes of at least 4 members (excludes halogenated alkanes) is 2. The lowest BCUT2D eigenvalue weighted by molar-refractivity contribution is 0.528. The van der Waals surface area contributed by atoms with Crippen LogP contribution >= 0.6 is 11.6 Å². The summed E-state index contributed by atoms with van der Waals surface area (Å²) in [5, 5.41) is 8.00. The lowest BCUT2D eigenvalue weighted by Crippen LogP contribution is -2.40. The van der Waals surface area contributed by atoms with Crippen molar-refractivity contribution in [3.8, 4) is 0 Å². The number of alkyl halides is 1. The molecule has 7 nitrogen and oxygen atoms in total. The van der Waals surface area contributed by atoms with E-state index in [1.165, 1.54) is 4.57 Å². The molecule has 0 saturated heterocycles. The van der Waals surface area contributed by atoms with Crippen LogP contribution in [0.5, 0.6) is 0 Å². The van der Waals surface area contributed by atoms with E-state index in [9.17, 15) is 9.59 Å². The number of nitrogens with zero attached hydrogens (tertiary/aromatic N) is 4. The summed E-state index contributed by atoms with van der Waals surface area (Å²) in [4.78, 5) is 25.7. The zero-order chi connectivity index (χ0) is 17.7. The van der Waals surface area contributed by atoms with Crippen molar-refractivity contribution in [2.24, 2.45) is 0 Å². The van der Waals surface area contributed by atoms with Gasteiger partial charge >= 0.3 is 5.69 Å². The van der Waals surface area contributed by atoms with Crippen LogP contribution in [0.15, 0.2) is 9.59 Å². The third-order valence-electron chi connectivity index (χ3n) is 4.11. The Labute approximate surface area is 146 Å². The summed E-state index contributed by atoms with van der Waals surface area (Å²) in [7, 11) is 1.75. The monoisotopic (exact) mass is 355 g/mol. The number of nitrogens with one attached hydrogen (secondary N) is 1. The number of anilines is 1. The fourth-order valence-electron chi connectivity index (χ4n) is 2.82. The third-order valence-corrected chi connectivity index (χ3v) is 4.28. The van der Waals surface area contributed by atoms with Gasteiger partial charge in [-0.1, -0.05) is 26.7 Å². The first-order valence-corrected chi connectivity index (χ1v) is 9.11. The van der Waals surface area contributed by atoms with E-state index in [0.717, 1.165) is 25.7 Å². The minimum absolute atomic E-state index is 0.271. The molecule has 24 heavy (non-hydrogen) atoms. The van der Waals surface area contributed by atoms with Crippen LogP contribution < -0.4 is 16.6 Å². The molecule has 2 aromatic rings. The highest BCUT2D eigenvalue weighted by Crippen LogP contribution is 2.19. The maximum absolute atomic E-state index is 12.9. The third kappa shape index (κ3) is 3.36. The standard InChI is InChI=1S/C16H26ClN5O2/c1-4-6-9-20-14-12(13(18-3)22(19-14)11-8-17)15(23)21(16(20)24)10-7-5-2/h18H,4-11H2,1-3H3. The maximum atomic E-state index is 12.9. The zero-order valence-corrected chi connectivity index (χ0v) is 15.4. The molecule has 2 rings (SSSR count). The second-order valence-electron chi connectivity index (χ2n) is 5.81. The number of hydrogen-bond acceptors (Lipinski definition) is 4. The molecule has 134 valence electrons. The predicted octanol–water partition coefficient (Wildman–Crippen LogP) is 2.24. The van der Waals surface area contributed by atoms with Gasteiger partial charge in [0.1, 0.15) is 11.2 Å². The molecule has 2 heterocycles. The Hall–Kier alpha value is -1.76. The minimum Gasteiger partial charge on any atom is -0.373 e. The van der Waals surface area contributed by atoms with Gasteiger partial charge in [0.2, 0.25) is 0 Å². The second-order valence-corrected chi connectivity index (χ2v) is 6.19. The van der Waals surface area contributed by atoms with Crippen molar-refractivity contribution < 1.29 is 0 Å². The molecule has 0 aliphatic heterocycles. The molecule has 0 unspecified atom stereocenters. The molecular weight excluding hydrogens is 330 g/mol. The highest BCUT2D eigenvalue weighted by atomic mass is 35.5. The van der Waals surface area contributed by atoms with Crippen molar-refractivity contribution in [3.63, 3.8) is 0 Å². The topological polar surface area (TPSA) is 73.8 Å². The van der Waals surface area contributed by atoms with Crippen molar-refractivity contribution in [2.75, 3.05) is 18.2 Å². The quantitative estimate of drug-likeness (QED) is 0.700. The van der Waals surface area contributed by atoms with Gasteiger partial charge in [-0.05, 0) is 12.8 Å². The van der Waals surface area contributed by atoms with E-state index in [2.05, 4.69) is 17.3 Å². The van der Waals surface area contributed by atoms with Crippen molar-refractivity contribution >= 4 is 28.5 Å². The Balaban J connectivity index is 2.79. The lowest BCUT2D eigenvalue weighted by Gasteiger charge is -2.11. The Morgan fingerprint density at radius 2 is 1.67 bits per heavy atom. The van der Waals surface area contributed by atoms with Gasteiger partial charge in [0.25, 0.3) is 5.56 Å². The molecule has 0 bridgehead atoms. The summed E-state index contributed by atoms with van der Waals surface area (Å²) >= 11 is 5.85. The van der Waals surface area contributed by atoms with Crippen LogP contribution in [-0.2, 0) is 19.6 Å². The van der Waals surface area contributed by atoms with E-state index in [4.69, 9.17) is 11.6 Å². The zero-order valence-electron chi connectivity index (χ0n) is 14.6. The van der Waals surface area contributed by atoms with E-state index < -0.39 is 0 Å². The van der Waals surface area contributed by atoms with Gasteiger partial charge in [-0.25, -0.2) is 9.48 Å².